The highest BCUT2D eigenvalue weighted by molar-refractivity contribution is 7.15. The van der Waals surface area contributed by atoms with Gasteiger partial charge in [0.1, 0.15) is 5.82 Å². The molecule has 90 valence electrons. The highest BCUT2D eigenvalue weighted by atomic mass is 32.1. The average Bonchev–Trinajstić information content (AvgIpc) is 2.63. The smallest absolute Gasteiger partial charge is 0.125 e. The monoisotopic (exact) mass is 249 g/mol. The van der Waals surface area contributed by atoms with Crippen LogP contribution >= 0.6 is 11.3 Å². The first kappa shape index (κ1) is 12.1. The van der Waals surface area contributed by atoms with Crippen molar-refractivity contribution in [1.29, 1.82) is 0 Å². The lowest BCUT2D eigenvalue weighted by Crippen LogP contribution is -2.07. The van der Waals surface area contributed by atoms with E-state index in [2.05, 4.69) is 26.8 Å². The van der Waals surface area contributed by atoms with Crippen molar-refractivity contribution in [1.82, 2.24) is 0 Å². The maximum Gasteiger partial charge on any atom is 0.125 e. The summed E-state index contributed by atoms with van der Waals surface area (Å²) in [6.07, 6.45) is 0. The lowest BCUT2D eigenvalue weighted by atomic mass is 9.95. The third-order valence-electron chi connectivity index (χ3n) is 2.55. The molecule has 2 aromatic rings. The van der Waals surface area contributed by atoms with Gasteiger partial charge in [-0.05, 0) is 41.3 Å². The van der Waals surface area contributed by atoms with E-state index in [9.17, 15) is 4.39 Å². The standard InChI is InChI=1S/C14H16FNS/c1-14(2,3)13-5-4-12(17-13)9-6-10(15)8-11(16)7-9/h4-8H,16H2,1-3H3. The minimum Gasteiger partial charge on any atom is -0.399 e. The van der Waals surface area contributed by atoms with Crippen molar-refractivity contribution in [2.45, 2.75) is 26.2 Å². The molecule has 1 aromatic carbocycles. The summed E-state index contributed by atoms with van der Waals surface area (Å²) >= 11 is 1.69. The number of nitrogen functional groups attached to an aromatic ring is 1. The zero-order valence-corrected chi connectivity index (χ0v) is 11.1. The number of hydrogen-bond donors (Lipinski definition) is 1. The number of hydrogen-bond acceptors (Lipinski definition) is 2. The third-order valence-corrected chi connectivity index (χ3v) is 4.11. The number of benzene rings is 1. The van der Waals surface area contributed by atoms with Gasteiger partial charge >= 0.3 is 0 Å². The molecular formula is C14H16FNS. The van der Waals surface area contributed by atoms with E-state index in [1.54, 1.807) is 17.4 Å². The highest BCUT2D eigenvalue weighted by Crippen LogP contribution is 2.35. The van der Waals surface area contributed by atoms with E-state index in [1.165, 1.54) is 17.0 Å². The number of halogens is 1. The molecule has 1 heterocycles. The van der Waals surface area contributed by atoms with Crippen LogP contribution in [0.15, 0.2) is 30.3 Å². The molecule has 0 spiro atoms. The van der Waals surface area contributed by atoms with Crippen LogP contribution in [-0.2, 0) is 5.41 Å². The van der Waals surface area contributed by atoms with E-state index in [4.69, 9.17) is 5.73 Å². The van der Waals surface area contributed by atoms with Gasteiger partial charge in [0.15, 0.2) is 0 Å². The second-order valence-corrected chi connectivity index (χ2v) is 6.27. The topological polar surface area (TPSA) is 26.0 Å². The highest BCUT2D eigenvalue weighted by Gasteiger charge is 2.16. The fourth-order valence-corrected chi connectivity index (χ4v) is 2.70. The van der Waals surface area contributed by atoms with Crippen molar-refractivity contribution >= 4 is 17.0 Å². The summed E-state index contributed by atoms with van der Waals surface area (Å²) in [5, 5.41) is 0. The summed E-state index contributed by atoms with van der Waals surface area (Å²) < 4.78 is 13.3. The molecule has 0 aliphatic heterocycles. The Labute approximate surface area is 105 Å². The molecule has 0 fully saturated rings. The average molecular weight is 249 g/mol. The lowest BCUT2D eigenvalue weighted by Gasteiger charge is -2.15. The number of nitrogens with two attached hydrogens (primary N) is 1. The maximum atomic E-state index is 13.3. The summed E-state index contributed by atoms with van der Waals surface area (Å²) in [4.78, 5) is 2.34. The minimum atomic E-state index is -0.286. The van der Waals surface area contributed by atoms with Crippen LogP contribution in [0, 0.1) is 5.82 Å². The van der Waals surface area contributed by atoms with Crippen molar-refractivity contribution in [3.05, 3.63) is 41.0 Å². The maximum absolute atomic E-state index is 13.3. The Morgan fingerprint density at radius 3 is 2.35 bits per heavy atom. The van der Waals surface area contributed by atoms with E-state index in [1.807, 2.05) is 6.07 Å². The molecule has 3 heteroatoms. The van der Waals surface area contributed by atoms with Gasteiger partial charge in [0.25, 0.3) is 0 Å². The van der Waals surface area contributed by atoms with E-state index in [0.717, 1.165) is 10.4 Å². The largest absolute Gasteiger partial charge is 0.399 e. The molecule has 0 radical (unpaired) electrons. The van der Waals surface area contributed by atoms with Crippen LogP contribution in [0.1, 0.15) is 25.6 Å². The van der Waals surface area contributed by atoms with Gasteiger partial charge in [0.05, 0.1) is 0 Å². The quantitative estimate of drug-likeness (QED) is 0.743. The van der Waals surface area contributed by atoms with Crippen molar-refractivity contribution in [3.8, 4) is 10.4 Å². The molecule has 0 atom stereocenters. The van der Waals surface area contributed by atoms with Gasteiger partial charge in [0.2, 0.25) is 0 Å². The second kappa shape index (κ2) is 4.15. The molecule has 2 N–H and O–H groups in total. The fourth-order valence-electron chi connectivity index (χ4n) is 1.65. The zero-order valence-electron chi connectivity index (χ0n) is 10.3. The minimum absolute atomic E-state index is 0.127. The Kier molecular flexibility index (Phi) is 2.96. The van der Waals surface area contributed by atoms with Gasteiger partial charge in [-0.15, -0.1) is 11.3 Å². The molecule has 0 saturated heterocycles. The van der Waals surface area contributed by atoms with Crippen LogP contribution in [0.5, 0.6) is 0 Å². The predicted octanol–water partition coefficient (Wildman–Crippen LogP) is 4.43. The van der Waals surface area contributed by atoms with Gasteiger partial charge in [0, 0.05) is 15.4 Å². The van der Waals surface area contributed by atoms with Crippen molar-refractivity contribution in [2.75, 3.05) is 5.73 Å². The van der Waals surface area contributed by atoms with Crippen molar-refractivity contribution in [3.63, 3.8) is 0 Å². The van der Waals surface area contributed by atoms with Gasteiger partial charge in [-0.25, -0.2) is 4.39 Å². The van der Waals surface area contributed by atoms with Crippen molar-refractivity contribution in [2.24, 2.45) is 0 Å². The molecule has 0 amide bonds. The first-order valence-electron chi connectivity index (χ1n) is 5.53. The molecule has 0 bridgehead atoms. The Morgan fingerprint density at radius 2 is 1.82 bits per heavy atom. The lowest BCUT2D eigenvalue weighted by molar-refractivity contribution is 0.604. The summed E-state index contributed by atoms with van der Waals surface area (Å²) in [5.41, 5.74) is 7.09. The SMILES string of the molecule is CC(C)(C)c1ccc(-c2cc(N)cc(F)c2)s1. The summed E-state index contributed by atoms with van der Waals surface area (Å²) in [7, 11) is 0. The molecule has 0 unspecified atom stereocenters. The van der Waals surface area contributed by atoms with Crippen LogP contribution < -0.4 is 5.73 Å². The van der Waals surface area contributed by atoms with Crippen molar-refractivity contribution < 1.29 is 4.39 Å². The van der Waals surface area contributed by atoms with Gasteiger partial charge < -0.3 is 5.73 Å². The predicted molar refractivity (Wildman–Crippen MR) is 72.8 cm³/mol. The van der Waals surface area contributed by atoms with Crippen LogP contribution in [0.2, 0.25) is 0 Å². The van der Waals surface area contributed by atoms with E-state index in [0.29, 0.717) is 5.69 Å². The Bertz CT molecular complexity index is 517. The Balaban J connectivity index is 2.44. The Hall–Kier alpha value is -1.35. The molecule has 1 aromatic heterocycles. The number of thiophene rings is 1. The Morgan fingerprint density at radius 1 is 1.12 bits per heavy atom. The summed E-state index contributed by atoms with van der Waals surface area (Å²) in [6, 6.07) is 8.79. The summed E-state index contributed by atoms with van der Waals surface area (Å²) in [5.74, 6) is -0.286. The first-order valence-corrected chi connectivity index (χ1v) is 6.35. The third kappa shape index (κ3) is 2.67. The zero-order chi connectivity index (χ0) is 12.6. The molecular weight excluding hydrogens is 233 g/mol. The van der Waals surface area contributed by atoms with E-state index in [-0.39, 0.29) is 11.2 Å². The molecule has 0 aliphatic rings. The molecule has 0 aliphatic carbocycles. The van der Waals surface area contributed by atoms with E-state index >= 15 is 0 Å². The van der Waals surface area contributed by atoms with Gasteiger partial charge in [-0.1, -0.05) is 20.8 Å². The number of rotatable bonds is 1. The van der Waals surface area contributed by atoms with Crippen LogP contribution in [0.4, 0.5) is 10.1 Å². The summed E-state index contributed by atoms with van der Waals surface area (Å²) in [6.45, 7) is 6.51. The van der Waals surface area contributed by atoms with Crippen LogP contribution in [-0.4, -0.2) is 0 Å². The molecule has 2 rings (SSSR count). The molecule has 0 saturated carbocycles. The first-order chi connectivity index (χ1) is 7.86. The van der Waals surface area contributed by atoms with Gasteiger partial charge in [-0.2, -0.15) is 0 Å². The fraction of sp³-hybridized carbons (Fsp3) is 0.286. The number of anilines is 1. The molecule has 17 heavy (non-hydrogen) atoms. The van der Waals surface area contributed by atoms with E-state index < -0.39 is 0 Å². The normalized spacial score (nSPS) is 11.8. The van der Waals surface area contributed by atoms with Gasteiger partial charge in [-0.3, -0.25) is 0 Å². The van der Waals surface area contributed by atoms with Crippen LogP contribution in [0.3, 0.4) is 0 Å². The van der Waals surface area contributed by atoms with Crippen LogP contribution in [0.25, 0.3) is 10.4 Å². The molecule has 1 nitrogen and oxygen atoms in total. The second-order valence-electron chi connectivity index (χ2n) is 5.19.